The zero-order chi connectivity index (χ0) is 5.82. The van der Waals surface area contributed by atoms with Crippen molar-refractivity contribution in [3.8, 4) is 0 Å². The standard InChI is InChI=1S/C4H10N4/c5-8-4-3-6-1-2-7-4/h6H,1-3,5H2,(H,7,8). The van der Waals surface area contributed by atoms with Crippen molar-refractivity contribution in [3.05, 3.63) is 0 Å². The minimum absolute atomic E-state index is 0.774. The van der Waals surface area contributed by atoms with Crippen molar-refractivity contribution in [1.82, 2.24) is 10.6 Å². The van der Waals surface area contributed by atoms with E-state index >= 15 is 0 Å². The summed E-state index contributed by atoms with van der Waals surface area (Å²) in [7, 11) is 0. The fraction of sp³-hybridized carbons (Fsp3) is 0.750. The first-order valence-electron chi connectivity index (χ1n) is 2.65. The van der Waals surface area contributed by atoms with E-state index in [4.69, 9.17) is 5.84 Å². The Morgan fingerprint density at radius 1 is 1.50 bits per heavy atom. The first-order chi connectivity index (χ1) is 3.93. The summed E-state index contributed by atoms with van der Waals surface area (Å²) in [6.45, 7) is 2.70. The molecule has 0 radical (unpaired) electrons. The maximum absolute atomic E-state index is 4.99. The Morgan fingerprint density at radius 3 is 2.75 bits per heavy atom. The highest BCUT2D eigenvalue weighted by atomic mass is 15.2. The molecule has 8 heavy (non-hydrogen) atoms. The summed E-state index contributed by atoms with van der Waals surface area (Å²) in [6.07, 6.45) is 0. The van der Waals surface area contributed by atoms with E-state index in [1.165, 1.54) is 0 Å². The smallest absolute Gasteiger partial charge is 0.135 e. The van der Waals surface area contributed by atoms with Gasteiger partial charge >= 0.3 is 0 Å². The number of hydrogen-bond donors (Lipinski definition) is 3. The third-order valence-electron chi connectivity index (χ3n) is 1.08. The van der Waals surface area contributed by atoms with Gasteiger partial charge in [-0.05, 0) is 0 Å². The Bertz CT molecular complexity index is 90.2. The van der Waals surface area contributed by atoms with Crippen molar-refractivity contribution in [1.29, 1.82) is 0 Å². The lowest BCUT2D eigenvalue weighted by Gasteiger charge is -2.14. The largest absolute Gasteiger partial charge is 0.370 e. The molecule has 46 valence electrons. The van der Waals surface area contributed by atoms with Gasteiger partial charge in [-0.1, -0.05) is 0 Å². The summed E-state index contributed by atoms with van der Waals surface area (Å²) >= 11 is 0. The number of piperazine rings is 1. The molecule has 1 fully saturated rings. The Hall–Kier alpha value is -0.770. The van der Waals surface area contributed by atoms with E-state index in [0.29, 0.717) is 0 Å². The molecule has 0 bridgehead atoms. The predicted molar refractivity (Wildman–Crippen MR) is 32.5 cm³/mol. The molecule has 0 unspecified atom stereocenters. The number of amidine groups is 1. The molecule has 1 aliphatic rings. The van der Waals surface area contributed by atoms with Crippen LogP contribution < -0.4 is 16.5 Å². The zero-order valence-electron chi connectivity index (χ0n) is 4.65. The van der Waals surface area contributed by atoms with Gasteiger partial charge in [0.05, 0.1) is 6.54 Å². The van der Waals surface area contributed by atoms with Crippen molar-refractivity contribution in [2.45, 2.75) is 0 Å². The van der Waals surface area contributed by atoms with Crippen LogP contribution in [-0.2, 0) is 0 Å². The molecule has 0 atom stereocenters. The first-order valence-corrected chi connectivity index (χ1v) is 2.65. The average Bonchev–Trinajstić information content (AvgIpc) is 1.90. The maximum Gasteiger partial charge on any atom is 0.135 e. The molecule has 4 N–H and O–H groups in total. The highest BCUT2D eigenvalue weighted by molar-refractivity contribution is 5.84. The Labute approximate surface area is 48.1 Å². The number of nitrogens with zero attached hydrogens (tertiary/aromatic N) is 1. The quantitative estimate of drug-likeness (QED) is 0.264. The van der Waals surface area contributed by atoms with Crippen LogP contribution in [-0.4, -0.2) is 25.5 Å². The predicted octanol–water partition coefficient (Wildman–Crippen LogP) is -1.55. The summed E-state index contributed by atoms with van der Waals surface area (Å²) in [4.78, 5) is 0. The fourth-order valence-electron chi connectivity index (χ4n) is 0.656. The van der Waals surface area contributed by atoms with Gasteiger partial charge in [-0.3, -0.25) is 0 Å². The number of nitrogens with one attached hydrogen (secondary N) is 2. The highest BCUT2D eigenvalue weighted by Gasteiger charge is 2.01. The van der Waals surface area contributed by atoms with E-state index in [-0.39, 0.29) is 0 Å². The molecule has 4 nitrogen and oxygen atoms in total. The van der Waals surface area contributed by atoms with Crippen molar-refractivity contribution in [2.24, 2.45) is 10.9 Å². The Kier molecular flexibility index (Phi) is 1.69. The summed E-state index contributed by atoms with van der Waals surface area (Å²) < 4.78 is 0. The lowest BCUT2D eigenvalue weighted by Crippen LogP contribution is -2.45. The molecule has 4 heteroatoms. The van der Waals surface area contributed by atoms with Crippen LogP contribution in [0.15, 0.2) is 5.10 Å². The van der Waals surface area contributed by atoms with Gasteiger partial charge in [-0.25, -0.2) is 0 Å². The van der Waals surface area contributed by atoms with Crippen LogP contribution in [0.4, 0.5) is 0 Å². The van der Waals surface area contributed by atoms with Crippen LogP contribution >= 0.6 is 0 Å². The summed E-state index contributed by atoms with van der Waals surface area (Å²) in [5, 5.41) is 9.63. The lowest BCUT2D eigenvalue weighted by atomic mass is 10.4. The number of hydrogen-bond acceptors (Lipinski definition) is 3. The molecule has 0 aromatic heterocycles. The van der Waals surface area contributed by atoms with Gasteiger partial charge < -0.3 is 16.5 Å². The molecule has 1 aliphatic heterocycles. The molecule has 0 aromatic rings. The van der Waals surface area contributed by atoms with Gasteiger partial charge in [-0.2, -0.15) is 5.10 Å². The van der Waals surface area contributed by atoms with E-state index in [9.17, 15) is 0 Å². The second-order valence-electron chi connectivity index (χ2n) is 1.68. The normalized spacial score (nSPS) is 25.2. The van der Waals surface area contributed by atoms with Crippen LogP contribution in [0.5, 0.6) is 0 Å². The van der Waals surface area contributed by atoms with Gasteiger partial charge in [0.1, 0.15) is 5.84 Å². The van der Waals surface area contributed by atoms with Gasteiger partial charge in [0.25, 0.3) is 0 Å². The number of hydrazone groups is 1. The summed E-state index contributed by atoms with van der Waals surface area (Å²) in [5.41, 5.74) is 0. The second kappa shape index (κ2) is 2.52. The van der Waals surface area contributed by atoms with Gasteiger partial charge in [0.15, 0.2) is 0 Å². The molecule has 0 amide bonds. The molecule has 0 spiro atoms. The van der Waals surface area contributed by atoms with Crippen LogP contribution in [0.3, 0.4) is 0 Å². The molecular formula is C4H10N4. The molecule has 1 saturated heterocycles. The van der Waals surface area contributed by atoms with Gasteiger partial charge in [-0.15, -0.1) is 0 Å². The lowest BCUT2D eigenvalue weighted by molar-refractivity contribution is 0.671. The van der Waals surface area contributed by atoms with Crippen LogP contribution in [0.1, 0.15) is 0 Å². The first kappa shape index (κ1) is 5.37. The van der Waals surface area contributed by atoms with E-state index < -0.39 is 0 Å². The Morgan fingerprint density at radius 2 is 2.38 bits per heavy atom. The average molecular weight is 114 g/mol. The van der Waals surface area contributed by atoms with E-state index in [0.717, 1.165) is 25.5 Å². The summed E-state index contributed by atoms with van der Waals surface area (Å²) in [6, 6.07) is 0. The second-order valence-corrected chi connectivity index (χ2v) is 1.68. The van der Waals surface area contributed by atoms with Gasteiger partial charge in [0.2, 0.25) is 0 Å². The molecule has 0 saturated carbocycles. The fourth-order valence-corrected chi connectivity index (χ4v) is 0.656. The van der Waals surface area contributed by atoms with Crippen molar-refractivity contribution >= 4 is 5.84 Å². The zero-order valence-corrected chi connectivity index (χ0v) is 4.65. The third kappa shape index (κ3) is 1.10. The maximum atomic E-state index is 4.99. The molecule has 0 aliphatic carbocycles. The molecule has 1 heterocycles. The third-order valence-corrected chi connectivity index (χ3v) is 1.08. The van der Waals surface area contributed by atoms with Crippen molar-refractivity contribution < 1.29 is 0 Å². The monoisotopic (exact) mass is 114 g/mol. The highest BCUT2D eigenvalue weighted by Crippen LogP contribution is 1.73. The van der Waals surface area contributed by atoms with E-state index in [2.05, 4.69) is 15.7 Å². The summed E-state index contributed by atoms with van der Waals surface area (Å²) in [5.74, 6) is 5.83. The molecule has 0 aromatic carbocycles. The minimum atomic E-state index is 0.774. The van der Waals surface area contributed by atoms with Crippen LogP contribution in [0.25, 0.3) is 0 Å². The van der Waals surface area contributed by atoms with E-state index in [1.54, 1.807) is 0 Å². The molecular weight excluding hydrogens is 104 g/mol. The van der Waals surface area contributed by atoms with Crippen molar-refractivity contribution in [2.75, 3.05) is 19.6 Å². The minimum Gasteiger partial charge on any atom is -0.370 e. The van der Waals surface area contributed by atoms with Crippen LogP contribution in [0.2, 0.25) is 0 Å². The van der Waals surface area contributed by atoms with Gasteiger partial charge in [0, 0.05) is 13.1 Å². The number of nitrogens with two attached hydrogens (primary N) is 1. The molecule has 1 rings (SSSR count). The SMILES string of the molecule is N/N=C1\CNCCN1. The number of rotatable bonds is 0. The van der Waals surface area contributed by atoms with Crippen LogP contribution in [0, 0.1) is 0 Å². The topological polar surface area (TPSA) is 62.4 Å². The van der Waals surface area contributed by atoms with Crippen molar-refractivity contribution in [3.63, 3.8) is 0 Å². The van der Waals surface area contributed by atoms with E-state index in [1.807, 2.05) is 0 Å². The Balaban J connectivity index is 2.33.